The van der Waals surface area contributed by atoms with Crippen molar-refractivity contribution in [3.05, 3.63) is 63.4 Å². The number of urea groups is 1. The van der Waals surface area contributed by atoms with Gasteiger partial charge in [-0.3, -0.25) is 4.79 Å². The number of nitrogens with zero attached hydrogens (tertiary/aromatic N) is 1. The summed E-state index contributed by atoms with van der Waals surface area (Å²) in [6.07, 6.45) is 4.01. The lowest BCUT2D eigenvalue weighted by Crippen LogP contribution is -2.42. The monoisotopic (exact) mass is 453 g/mol. The van der Waals surface area contributed by atoms with Crippen LogP contribution in [0.15, 0.2) is 47.3 Å². The van der Waals surface area contributed by atoms with Crippen molar-refractivity contribution in [3.8, 4) is 11.5 Å². The molecule has 2 amide bonds. The second-order valence-corrected chi connectivity index (χ2v) is 8.65. The number of nitrogens with one attached hydrogen (secondary N) is 2. The molecule has 1 saturated carbocycles. The first-order valence-corrected chi connectivity index (χ1v) is 11.2. The Morgan fingerprint density at radius 3 is 2.47 bits per heavy atom. The van der Waals surface area contributed by atoms with E-state index in [1.54, 1.807) is 35.2 Å². The summed E-state index contributed by atoms with van der Waals surface area (Å²) >= 11 is 5.95. The van der Waals surface area contributed by atoms with Crippen LogP contribution in [-0.4, -0.2) is 35.2 Å². The van der Waals surface area contributed by atoms with Gasteiger partial charge in [-0.2, -0.15) is 0 Å². The summed E-state index contributed by atoms with van der Waals surface area (Å²) in [7, 11) is 0. The molecule has 0 spiro atoms. The van der Waals surface area contributed by atoms with Crippen molar-refractivity contribution in [2.45, 2.75) is 38.3 Å². The first-order valence-electron chi connectivity index (χ1n) is 10.9. The minimum atomic E-state index is -0.221. The van der Waals surface area contributed by atoms with Crippen LogP contribution < -0.4 is 20.3 Å². The van der Waals surface area contributed by atoms with Crippen LogP contribution >= 0.6 is 11.6 Å². The molecule has 0 bridgehead atoms. The summed E-state index contributed by atoms with van der Waals surface area (Å²) in [6.45, 7) is 1.21. The number of aromatic nitrogens is 1. The number of hydrogen-bond donors (Lipinski definition) is 2. The van der Waals surface area contributed by atoms with E-state index in [9.17, 15) is 9.59 Å². The third-order valence-corrected chi connectivity index (χ3v) is 6.30. The molecule has 166 valence electrons. The number of hydrogen-bond acceptors (Lipinski definition) is 4. The molecule has 5 rings (SSSR count). The molecule has 7 nitrogen and oxygen atoms in total. The topological polar surface area (TPSA) is 83.7 Å². The quantitative estimate of drug-likeness (QED) is 0.586. The molecule has 8 heteroatoms. The summed E-state index contributed by atoms with van der Waals surface area (Å²) in [5.41, 5.74) is 1.67. The van der Waals surface area contributed by atoms with Crippen LogP contribution in [0.1, 0.15) is 31.2 Å². The zero-order chi connectivity index (χ0) is 22.1. The Morgan fingerprint density at radius 2 is 1.75 bits per heavy atom. The number of aromatic amines is 1. The first kappa shape index (κ1) is 20.7. The van der Waals surface area contributed by atoms with Gasteiger partial charge in [0.1, 0.15) is 13.2 Å². The van der Waals surface area contributed by atoms with Crippen LogP contribution in [0.3, 0.4) is 0 Å². The number of fused-ring (bicyclic) bond motifs is 2. The predicted octanol–water partition coefficient (Wildman–Crippen LogP) is 4.93. The minimum absolute atomic E-state index is 0.0951. The summed E-state index contributed by atoms with van der Waals surface area (Å²) in [5, 5.41) is 4.39. The van der Waals surface area contributed by atoms with Gasteiger partial charge in [-0.1, -0.05) is 24.4 Å². The average molecular weight is 454 g/mol. The zero-order valence-corrected chi connectivity index (χ0v) is 18.3. The number of amides is 2. The molecule has 0 atom stereocenters. The van der Waals surface area contributed by atoms with Crippen LogP contribution in [-0.2, 0) is 6.54 Å². The first-order chi connectivity index (χ1) is 15.6. The average Bonchev–Trinajstić information content (AvgIpc) is 3.32. The molecule has 1 aliphatic carbocycles. The van der Waals surface area contributed by atoms with Gasteiger partial charge in [-0.15, -0.1) is 0 Å². The Labute approximate surface area is 190 Å². The van der Waals surface area contributed by atoms with Crippen molar-refractivity contribution >= 4 is 34.2 Å². The molecule has 2 heterocycles. The Kier molecular flexibility index (Phi) is 5.66. The van der Waals surface area contributed by atoms with Crippen molar-refractivity contribution in [2.24, 2.45) is 0 Å². The molecule has 1 aliphatic heterocycles. The number of pyridine rings is 1. The molecule has 32 heavy (non-hydrogen) atoms. The van der Waals surface area contributed by atoms with Crippen molar-refractivity contribution in [3.63, 3.8) is 0 Å². The fourth-order valence-corrected chi connectivity index (χ4v) is 4.53. The van der Waals surface area contributed by atoms with E-state index in [-0.39, 0.29) is 24.2 Å². The maximum absolute atomic E-state index is 13.2. The number of carbonyl (C=O) groups excluding carboxylic acids is 1. The van der Waals surface area contributed by atoms with Crippen molar-refractivity contribution in [1.29, 1.82) is 0 Å². The largest absolute Gasteiger partial charge is 0.486 e. The Balaban J connectivity index is 1.44. The number of H-pyrrole nitrogens is 1. The highest BCUT2D eigenvalue weighted by atomic mass is 35.5. The third-order valence-electron chi connectivity index (χ3n) is 6.05. The molecule has 0 unspecified atom stereocenters. The molecule has 0 saturated heterocycles. The summed E-state index contributed by atoms with van der Waals surface area (Å²) < 4.78 is 11.3. The van der Waals surface area contributed by atoms with Crippen molar-refractivity contribution in [2.75, 3.05) is 18.5 Å². The Morgan fingerprint density at radius 1 is 1.06 bits per heavy atom. The highest BCUT2D eigenvalue weighted by Gasteiger charge is 2.28. The van der Waals surface area contributed by atoms with Crippen LogP contribution in [0.2, 0.25) is 5.02 Å². The zero-order valence-electron chi connectivity index (χ0n) is 17.5. The lowest BCUT2D eigenvalue weighted by atomic mass is 10.1. The molecule has 2 aromatic carbocycles. The number of ether oxygens (including phenoxy) is 2. The van der Waals surface area contributed by atoms with E-state index in [4.69, 9.17) is 21.1 Å². The van der Waals surface area contributed by atoms with Gasteiger partial charge >= 0.3 is 6.03 Å². The van der Waals surface area contributed by atoms with Crippen molar-refractivity contribution < 1.29 is 14.3 Å². The van der Waals surface area contributed by atoms with E-state index < -0.39 is 0 Å². The highest BCUT2D eigenvalue weighted by Crippen LogP contribution is 2.34. The summed E-state index contributed by atoms with van der Waals surface area (Å²) in [4.78, 5) is 30.8. The number of carbonyl (C=O) groups is 1. The van der Waals surface area contributed by atoms with Crippen LogP contribution in [0.5, 0.6) is 11.5 Å². The van der Waals surface area contributed by atoms with E-state index in [1.165, 1.54) is 0 Å². The van der Waals surface area contributed by atoms with Crippen LogP contribution in [0, 0.1) is 0 Å². The van der Waals surface area contributed by atoms with Gasteiger partial charge < -0.3 is 24.7 Å². The van der Waals surface area contributed by atoms with Gasteiger partial charge in [-0.25, -0.2) is 4.79 Å². The summed E-state index contributed by atoms with van der Waals surface area (Å²) in [6, 6.07) is 12.4. The summed E-state index contributed by atoms with van der Waals surface area (Å²) in [5.74, 6) is 1.29. The van der Waals surface area contributed by atoms with Crippen molar-refractivity contribution in [1.82, 2.24) is 9.88 Å². The van der Waals surface area contributed by atoms with Gasteiger partial charge in [0.05, 0.1) is 12.1 Å². The van der Waals surface area contributed by atoms with Crippen LogP contribution in [0.4, 0.5) is 10.5 Å². The Hall–Kier alpha value is -3.19. The lowest BCUT2D eigenvalue weighted by molar-refractivity contribution is 0.172. The normalized spacial score (nSPS) is 15.7. The lowest BCUT2D eigenvalue weighted by Gasteiger charge is -2.29. The number of halogens is 1. The second kappa shape index (κ2) is 8.74. The smallest absolute Gasteiger partial charge is 0.322 e. The molecule has 3 aromatic rings. The van der Waals surface area contributed by atoms with Gasteiger partial charge in [0.15, 0.2) is 11.5 Å². The fourth-order valence-electron chi connectivity index (χ4n) is 4.40. The maximum Gasteiger partial charge on any atom is 0.322 e. The fraction of sp³-hybridized carbons (Fsp3) is 0.333. The maximum atomic E-state index is 13.2. The van der Waals surface area contributed by atoms with E-state index >= 15 is 0 Å². The van der Waals surface area contributed by atoms with Crippen LogP contribution in [0.25, 0.3) is 10.9 Å². The van der Waals surface area contributed by atoms with E-state index in [0.717, 1.165) is 31.1 Å². The van der Waals surface area contributed by atoms with E-state index in [0.29, 0.717) is 46.5 Å². The Bertz CT molecular complexity index is 1200. The molecule has 1 aromatic heterocycles. The van der Waals surface area contributed by atoms with Gasteiger partial charge in [0, 0.05) is 33.8 Å². The highest BCUT2D eigenvalue weighted by molar-refractivity contribution is 6.30. The third kappa shape index (κ3) is 4.25. The molecule has 2 aliphatic rings. The van der Waals surface area contributed by atoms with E-state index in [2.05, 4.69) is 10.3 Å². The SMILES string of the molecule is O=C(Nc1ccc(Cl)cc1)N(Cc1cc2cc3c(cc2[nH]c1=O)OCCO3)C1CCCC1. The van der Waals surface area contributed by atoms with E-state index in [1.807, 2.05) is 12.1 Å². The number of anilines is 1. The number of rotatable bonds is 4. The standard InChI is InChI=1S/C24H24ClN3O4/c25-17-5-7-18(8-6-17)26-24(30)28(19-3-1-2-4-19)14-16-11-15-12-21-22(32-10-9-31-21)13-20(15)27-23(16)29/h5-8,11-13,19H,1-4,9-10,14H2,(H,26,30)(H,27,29). The molecule has 1 fully saturated rings. The van der Waals surface area contributed by atoms with Gasteiger partial charge in [-0.05, 0) is 49.2 Å². The molecule has 0 radical (unpaired) electrons. The van der Waals surface area contributed by atoms with Gasteiger partial charge in [0.25, 0.3) is 5.56 Å². The van der Waals surface area contributed by atoms with Gasteiger partial charge in [0.2, 0.25) is 0 Å². The molecular formula is C24H24ClN3O4. The molecule has 2 N–H and O–H groups in total. The minimum Gasteiger partial charge on any atom is -0.486 e. The number of benzene rings is 2. The second-order valence-electron chi connectivity index (χ2n) is 8.21. The predicted molar refractivity (Wildman–Crippen MR) is 124 cm³/mol. The molecular weight excluding hydrogens is 430 g/mol.